The van der Waals surface area contributed by atoms with Crippen molar-refractivity contribution in [2.45, 2.75) is 6.04 Å². The first kappa shape index (κ1) is 19.5. The molecule has 6 heteroatoms. The van der Waals surface area contributed by atoms with Gasteiger partial charge in [-0.05, 0) is 46.5 Å². The van der Waals surface area contributed by atoms with Crippen LogP contribution in [-0.4, -0.2) is 16.8 Å². The topological polar surface area (TPSA) is 57.6 Å². The lowest BCUT2D eigenvalue weighted by Crippen LogP contribution is -2.29. The molecular weight excluding hydrogens is 430 g/mol. The van der Waals surface area contributed by atoms with Crippen LogP contribution in [0.1, 0.15) is 16.5 Å². The number of carbonyl (C=O) groups excluding carboxylic acids is 2. The average molecular weight is 446 g/mol. The minimum Gasteiger partial charge on any atom is -0.507 e. The van der Waals surface area contributed by atoms with Gasteiger partial charge in [0.15, 0.2) is 0 Å². The molecule has 0 aliphatic carbocycles. The summed E-state index contributed by atoms with van der Waals surface area (Å²) in [5.41, 5.74) is 1.07. The van der Waals surface area contributed by atoms with Crippen LogP contribution < -0.4 is 4.90 Å². The van der Waals surface area contributed by atoms with E-state index in [1.165, 1.54) is 16.2 Å². The van der Waals surface area contributed by atoms with Gasteiger partial charge in [0.1, 0.15) is 11.8 Å². The highest BCUT2D eigenvalue weighted by Gasteiger charge is 2.47. The molecule has 1 aliphatic heterocycles. The van der Waals surface area contributed by atoms with Crippen LogP contribution in [0, 0.1) is 0 Å². The number of ketones is 1. The zero-order valence-electron chi connectivity index (χ0n) is 16.2. The molecule has 0 spiro atoms. The van der Waals surface area contributed by atoms with E-state index < -0.39 is 17.7 Å². The molecule has 1 atom stereocenters. The molecule has 3 aromatic carbocycles. The maximum Gasteiger partial charge on any atom is 0.300 e. The SMILES string of the molecule is O=C1C(=O)N(c2cccc(Cl)c2)C(c2cccs2)/C1=C(/O)c1ccc2ccccc2c1. The summed E-state index contributed by atoms with van der Waals surface area (Å²) in [6.45, 7) is 0. The van der Waals surface area contributed by atoms with E-state index in [0.717, 1.165) is 15.6 Å². The summed E-state index contributed by atoms with van der Waals surface area (Å²) in [7, 11) is 0. The van der Waals surface area contributed by atoms with E-state index in [2.05, 4.69) is 0 Å². The third-order valence-electron chi connectivity index (χ3n) is 5.37. The molecule has 1 fully saturated rings. The maximum absolute atomic E-state index is 13.1. The van der Waals surface area contributed by atoms with E-state index in [4.69, 9.17) is 11.6 Å². The van der Waals surface area contributed by atoms with Gasteiger partial charge in [-0.2, -0.15) is 0 Å². The molecule has 5 rings (SSSR count). The summed E-state index contributed by atoms with van der Waals surface area (Å²) >= 11 is 7.57. The van der Waals surface area contributed by atoms with Crippen molar-refractivity contribution in [1.82, 2.24) is 0 Å². The van der Waals surface area contributed by atoms with Gasteiger partial charge in [0, 0.05) is 21.2 Å². The van der Waals surface area contributed by atoms with Gasteiger partial charge in [-0.1, -0.05) is 60.1 Å². The lowest BCUT2D eigenvalue weighted by atomic mass is 9.98. The summed E-state index contributed by atoms with van der Waals surface area (Å²) in [6, 6.07) is 23.0. The van der Waals surface area contributed by atoms with Crippen LogP contribution in [0.4, 0.5) is 5.69 Å². The molecule has 1 aliphatic rings. The Kier molecular flexibility index (Phi) is 4.85. The molecule has 1 saturated heterocycles. The number of halogens is 1. The average Bonchev–Trinajstić information content (AvgIpc) is 3.40. The van der Waals surface area contributed by atoms with Gasteiger partial charge < -0.3 is 5.11 Å². The van der Waals surface area contributed by atoms with Gasteiger partial charge in [0.05, 0.1) is 5.57 Å². The second-order valence-electron chi connectivity index (χ2n) is 7.23. The van der Waals surface area contributed by atoms with Crippen LogP contribution in [0.2, 0.25) is 5.02 Å². The fourth-order valence-electron chi connectivity index (χ4n) is 3.93. The molecule has 4 nitrogen and oxygen atoms in total. The Morgan fingerprint density at radius 3 is 2.45 bits per heavy atom. The van der Waals surface area contributed by atoms with Gasteiger partial charge in [0.25, 0.3) is 11.7 Å². The number of amides is 1. The number of carbonyl (C=O) groups is 2. The number of hydrogen-bond donors (Lipinski definition) is 1. The maximum atomic E-state index is 13.1. The largest absolute Gasteiger partial charge is 0.507 e. The zero-order chi connectivity index (χ0) is 21.5. The first-order chi connectivity index (χ1) is 15.0. The van der Waals surface area contributed by atoms with Crippen molar-refractivity contribution in [3.05, 3.63) is 105 Å². The first-order valence-corrected chi connectivity index (χ1v) is 10.9. The smallest absolute Gasteiger partial charge is 0.300 e. The van der Waals surface area contributed by atoms with Crippen molar-refractivity contribution in [3.8, 4) is 0 Å². The normalized spacial score (nSPS) is 18.1. The van der Waals surface area contributed by atoms with Gasteiger partial charge in [0.2, 0.25) is 0 Å². The fraction of sp³-hybridized carbons (Fsp3) is 0.0400. The minimum atomic E-state index is -0.732. The molecule has 0 saturated carbocycles. The highest BCUT2D eigenvalue weighted by molar-refractivity contribution is 7.10. The molecular formula is C25H16ClNO3S. The second kappa shape index (κ2) is 7.69. The number of fused-ring (bicyclic) bond motifs is 1. The number of aliphatic hydroxyl groups is 1. The number of thiophene rings is 1. The first-order valence-electron chi connectivity index (χ1n) is 9.64. The Morgan fingerprint density at radius 2 is 1.71 bits per heavy atom. The fourth-order valence-corrected chi connectivity index (χ4v) is 4.94. The minimum absolute atomic E-state index is 0.0720. The monoisotopic (exact) mass is 445 g/mol. The Morgan fingerprint density at radius 1 is 0.903 bits per heavy atom. The van der Waals surface area contributed by atoms with Crippen LogP contribution >= 0.6 is 22.9 Å². The Bertz CT molecular complexity index is 1360. The van der Waals surface area contributed by atoms with Crippen molar-refractivity contribution >= 4 is 56.8 Å². The summed E-state index contributed by atoms with van der Waals surface area (Å²) in [5.74, 6) is -1.60. The van der Waals surface area contributed by atoms with Gasteiger partial charge >= 0.3 is 0 Å². The molecule has 1 unspecified atom stereocenters. The Balaban J connectivity index is 1.72. The molecule has 1 aromatic heterocycles. The third-order valence-corrected chi connectivity index (χ3v) is 6.53. The molecule has 1 N–H and O–H groups in total. The Hall–Kier alpha value is -3.41. The van der Waals surface area contributed by atoms with Crippen molar-refractivity contribution < 1.29 is 14.7 Å². The summed E-state index contributed by atoms with van der Waals surface area (Å²) < 4.78 is 0. The molecule has 0 bridgehead atoms. The molecule has 2 heterocycles. The number of aliphatic hydroxyl groups excluding tert-OH is 1. The lowest BCUT2D eigenvalue weighted by molar-refractivity contribution is -0.132. The van der Waals surface area contributed by atoms with E-state index >= 15 is 0 Å². The van der Waals surface area contributed by atoms with Crippen LogP contribution in [0.15, 0.2) is 89.8 Å². The third kappa shape index (κ3) is 3.32. The molecule has 1 amide bonds. The number of benzene rings is 3. The van der Waals surface area contributed by atoms with E-state index in [0.29, 0.717) is 16.3 Å². The summed E-state index contributed by atoms with van der Waals surface area (Å²) in [4.78, 5) is 28.4. The van der Waals surface area contributed by atoms with Crippen LogP contribution in [-0.2, 0) is 9.59 Å². The van der Waals surface area contributed by atoms with E-state index in [1.807, 2.05) is 53.9 Å². The Labute approximate surface area is 187 Å². The molecule has 4 aromatic rings. The second-order valence-corrected chi connectivity index (χ2v) is 8.64. The molecule has 152 valence electrons. The highest BCUT2D eigenvalue weighted by Crippen LogP contribution is 2.44. The van der Waals surface area contributed by atoms with E-state index in [9.17, 15) is 14.7 Å². The lowest BCUT2D eigenvalue weighted by Gasteiger charge is -2.24. The van der Waals surface area contributed by atoms with E-state index in [-0.39, 0.29) is 11.3 Å². The standard InChI is InChI=1S/C25H16ClNO3S/c26-18-7-3-8-19(14-18)27-22(20-9-4-12-31-20)21(24(29)25(27)30)23(28)17-11-10-15-5-1-2-6-16(15)13-17/h1-14,22,28H/b23-21-. The van der Waals surface area contributed by atoms with Crippen LogP contribution in [0.3, 0.4) is 0 Å². The van der Waals surface area contributed by atoms with Gasteiger partial charge in [-0.15, -0.1) is 11.3 Å². The number of hydrogen-bond acceptors (Lipinski definition) is 4. The quantitative estimate of drug-likeness (QED) is 0.232. The number of Topliss-reactive ketones (excluding diaryl/α,β-unsaturated/α-hetero) is 1. The van der Waals surface area contributed by atoms with Crippen LogP contribution in [0.5, 0.6) is 0 Å². The van der Waals surface area contributed by atoms with Gasteiger partial charge in [-0.3, -0.25) is 14.5 Å². The van der Waals surface area contributed by atoms with Crippen molar-refractivity contribution in [2.75, 3.05) is 4.90 Å². The zero-order valence-corrected chi connectivity index (χ0v) is 17.7. The summed E-state index contributed by atoms with van der Waals surface area (Å²) in [5, 5.41) is 15.5. The van der Waals surface area contributed by atoms with Crippen LogP contribution in [0.25, 0.3) is 16.5 Å². The number of rotatable bonds is 3. The van der Waals surface area contributed by atoms with Crippen molar-refractivity contribution in [2.24, 2.45) is 0 Å². The van der Waals surface area contributed by atoms with Crippen molar-refractivity contribution in [3.63, 3.8) is 0 Å². The highest BCUT2D eigenvalue weighted by atomic mass is 35.5. The predicted molar refractivity (Wildman–Crippen MR) is 125 cm³/mol. The molecule has 0 radical (unpaired) electrons. The predicted octanol–water partition coefficient (Wildman–Crippen LogP) is 6.18. The van der Waals surface area contributed by atoms with E-state index in [1.54, 1.807) is 30.3 Å². The van der Waals surface area contributed by atoms with Crippen molar-refractivity contribution in [1.29, 1.82) is 0 Å². The number of anilines is 1. The number of nitrogens with zero attached hydrogens (tertiary/aromatic N) is 1. The molecule has 31 heavy (non-hydrogen) atoms. The summed E-state index contributed by atoms with van der Waals surface area (Å²) in [6.07, 6.45) is 0. The van der Waals surface area contributed by atoms with Gasteiger partial charge in [-0.25, -0.2) is 0 Å².